The zero-order chi connectivity index (χ0) is 20.4. The molecular formula is C19H14BrClN2O4S. The number of thioether (sulfide) groups is 1. The lowest BCUT2D eigenvalue weighted by molar-refractivity contribution is -0.121. The summed E-state index contributed by atoms with van der Waals surface area (Å²) in [6.07, 6.45) is 1.69. The van der Waals surface area contributed by atoms with Crippen LogP contribution in [-0.2, 0) is 4.79 Å². The highest BCUT2D eigenvalue weighted by Gasteiger charge is 2.30. The second-order valence-electron chi connectivity index (χ2n) is 5.73. The Morgan fingerprint density at radius 2 is 2.11 bits per heavy atom. The van der Waals surface area contributed by atoms with Gasteiger partial charge >= 0.3 is 5.97 Å². The maximum atomic E-state index is 12.6. The lowest BCUT2D eigenvalue weighted by Gasteiger charge is -2.08. The SMILES string of the molecule is COc1c(Cl)cc(Br)cc1C=C1SC(=Nc2cccc(C(=O)O)c2)N(C)C1=O. The molecule has 1 aliphatic heterocycles. The minimum absolute atomic E-state index is 0.128. The predicted octanol–water partition coefficient (Wildman–Crippen LogP) is 5.04. The van der Waals surface area contributed by atoms with Crippen molar-refractivity contribution in [1.29, 1.82) is 0 Å². The molecule has 2 aromatic carbocycles. The summed E-state index contributed by atoms with van der Waals surface area (Å²) in [5.41, 5.74) is 1.23. The van der Waals surface area contributed by atoms with E-state index in [1.807, 2.05) is 0 Å². The summed E-state index contributed by atoms with van der Waals surface area (Å²) < 4.78 is 6.10. The summed E-state index contributed by atoms with van der Waals surface area (Å²) in [6, 6.07) is 9.73. The number of halogens is 2. The Morgan fingerprint density at radius 3 is 2.79 bits per heavy atom. The summed E-state index contributed by atoms with van der Waals surface area (Å²) >= 11 is 10.8. The maximum absolute atomic E-state index is 12.6. The molecule has 1 N–H and O–H groups in total. The Balaban J connectivity index is 1.97. The minimum atomic E-state index is -1.04. The fraction of sp³-hybridized carbons (Fsp3) is 0.105. The van der Waals surface area contributed by atoms with E-state index in [4.69, 9.17) is 21.4 Å². The van der Waals surface area contributed by atoms with Gasteiger partial charge in [-0.1, -0.05) is 33.6 Å². The van der Waals surface area contributed by atoms with Crippen LogP contribution in [0.25, 0.3) is 6.08 Å². The number of methoxy groups -OCH3 is 1. The van der Waals surface area contributed by atoms with E-state index in [1.165, 1.54) is 35.9 Å². The molecule has 0 aliphatic carbocycles. The number of aliphatic imine (C=N–C) groups is 1. The fourth-order valence-corrected chi connectivity index (χ4v) is 4.40. The van der Waals surface area contributed by atoms with Crippen LogP contribution >= 0.6 is 39.3 Å². The first-order valence-electron chi connectivity index (χ1n) is 7.93. The van der Waals surface area contributed by atoms with E-state index in [1.54, 1.807) is 37.4 Å². The smallest absolute Gasteiger partial charge is 0.335 e. The average Bonchev–Trinajstić information content (AvgIpc) is 2.89. The normalized spacial score (nSPS) is 16.9. The number of nitrogens with zero attached hydrogens (tertiary/aromatic N) is 2. The van der Waals surface area contributed by atoms with Gasteiger partial charge in [0, 0.05) is 17.1 Å². The van der Waals surface area contributed by atoms with Crippen LogP contribution in [0.2, 0.25) is 5.02 Å². The first kappa shape index (κ1) is 20.4. The van der Waals surface area contributed by atoms with Gasteiger partial charge in [-0.3, -0.25) is 9.69 Å². The van der Waals surface area contributed by atoms with Gasteiger partial charge in [-0.05, 0) is 48.2 Å². The van der Waals surface area contributed by atoms with Crippen LogP contribution in [0.1, 0.15) is 15.9 Å². The van der Waals surface area contributed by atoms with Crippen LogP contribution in [0.4, 0.5) is 5.69 Å². The van der Waals surface area contributed by atoms with Crippen molar-refractivity contribution in [2.24, 2.45) is 4.99 Å². The summed E-state index contributed by atoms with van der Waals surface area (Å²) in [5, 5.41) is 9.98. The summed E-state index contributed by atoms with van der Waals surface area (Å²) in [4.78, 5) is 30.0. The number of hydrogen-bond acceptors (Lipinski definition) is 5. The van der Waals surface area contributed by atoms with E-state index in [-0.39, 0.29) is 11.5 Å². The van der Waals surface area contributed by atoms with Crippen molar-refractivity contribution in [3.63, 3.8) is 0 Å². The van der Waals surface area contributed by atoms with Gasteiger partial charge in [0.25, 0.3) is 5.91 Å². The van der Waals surface area contributed by atoms with Crippen LogP contribution in [-0.4, -0.2) is 41.2 Å². The van der Waals surface area contributed by atoms with E-state index in [9.17, 15) is 9.59 Å². The number of carboxylic acids is 1. The van der Waals surface area contributed by atoms with Gasteiger partial charge in [0.15, 0.2) is 5.17 Å². The van der Waals surface area contributed by atoms with Crippen LogP contribution in [0, 0.1) is 0 Å². The Morgan fingerprint density at radius 1 is 1.36 bits per heavy atom. The van der Waals surface area contributed by atoms with Gasteiger partial charge in [0.1, 0.15) is 5.75 Å². The number of amides is 1. The van der Waals surface area contributed by atoms with Gasteiger partial charge in [-0.15, -0.1) is 0 Å². The summed E-state index contributed by atoms with van der Waals surface area (Å²) in [6.45, 7) is 0. The molecule has 0 atom stereocenters. The van der Waals surface area contributed by atoms with Crippen molar-refractivity contribution >= 4 is 68.1 Å². The third-order valence-electron chi connectivity index (χ3n) is 3.85. The number of likely N-dealkylation sites (N-methyl/N-ethyl adjacent to an activating group) is 1. The molecule has 144 valence electrons. The van der Waals surface area contributed by atoms with Crippen molar-refractivity contribution in [2.45, 2.75) is 0 Å². The molecule has 1 fully saturated rings. The van der Waals surface area contributed by atoms with Crippen molar-refractivity contribution in [3.8, 4) is 5.75 Å². The lowest BCUT2D eigenvalue weighted by atomic mass is 10.2. The standard InChI is InChI=1S/C19H14BrClN2O4S/c1-23-17(24)15(8-11-6-12(20)9-14(21)16(11)27-2)28-19(23)22-13-5-3-4-10(7-13)18(25)26/h3-9H,1-2H3,(H,25,26). The maximum Gasteiger partial charge on any atom is 0.335 e. The van der Waals surface area contributed by atoms with Gasteiger partial charge in [0.05, 0.1) is 28.3 Å². The zero-order valence-electron chi connectivity index (χ0n) is 14.8. The number of carbonyl (C=O) groups is 2. The minimum Gasteiger partial charge on any atom is -0.495 e. The van der Waals surface area contributed by atoms with Gasteiger partial charge in [-0.25, -0.2) is 9.79 Å². The quantitative estimate of drug-likeness (QED) is 0.619. The molecule has 0 spiro atoms. The molecule has 9 heteroatoms. The van der Waals surface area contributed by atoms with Crippen LogP contribution < -0.4 is 4.74 Å². The third-order valence-corrected chi connectivity index (χ3v) is 5.65. The molecule has 1 saturated heterocycles. The molecule has 0 unspecified atom stereocenters. The van der Waals surface area contributed by atoms with Crippen LogP contribution in [0.15, 0.2) is 50.8 Å². The van der Waals surface area contributed by atoms with Gasteiger partial charge in [-0.2, -0.15) is 0 Å². The Labute approximate surface area is 179 Å². The third kappa shape index (κ3) is 4.24. The number of amidine groups is 1. The second kappa shape index (κ2) is 8.38. The molecule has 3 rings (SSSR count). The largest absolute Gasteiger partial charge is 0.495 e. The topological polar surface area (TPSA) is 79.2 Å². The fourth-order valence-electron chi connectivity index (χ4n) is 2.51. The van der Waals surface area contributed by atoms with E-state index in [2.05, 4.69) is 20.9 Å². The molecule has 0 radical (unpaired) electrons. The first-order valence-corrected chi connectivity index (χ1v) is 9.91. The van der Waals surface area contributed by atoms with E-state index >= 15 is 0 Å². The molecule has 1 heterocycles. The Hall–Kier alpha value is -2.29. The Kier molecular flexibility index (Phi) is 6.12. The molecule has 2 aromatic rings. The second-order valence-corrected chi connectivity index (χ2v) is 8.07. The number of carboxylic acid groups (broad SMARTS) is 1. The first-order chi connectivity index (χ1) is 13.3. The molecule has 28 heavy (non-hydrogen) atoms. The number of benzene rings is 2. The number of aromatic carboxylic acids is 1. The summed E-state index contributed by atoms with van der Waals surface area (Å²) in [7, 11) is 3.12. The van der Waals surface area contributed by atoms with E-state index < -0.39 is 5.97 Å². The Bertz CT molecular complexity index is 1040. The summed E-state index contributed by atoms with van der Waals surface area (Å²) in [5.74, 6) is -0.797. The van der Waals surface area contributed by atoms with Crippen molar-refractivity contribution in [3.05, 3.63) is 61.9 Å². The highest BCUT2D eigenvalue weighted by Crippen LogP contribution is 2.38. The predicted molar refractivity (Wildman–Crippen MR) is 115 cm³/mol. The average molecular weight is 482 g/mol. The molecule has 0 aromatic heterocycles. The van der Waals surface area contributed by atoms with E-state index in [0.717, 1.165) is 4.47 Å². The number of hydrogen-bond donors (Lipinski definition) is 1. The van der Waals surface area contributed by atoms with Gasteiger partial charge in [0.2, 0.25) is 0 Å². The van der Waals surface area contributed by atoms with Gasteiger partial charge < -0.3 is 9.84 Å². The monoisotopic (exact) mass is 480 g/mol. The van der Waals surface area contributed by atoms with E-state index in [0.29, 0.717) is 32.1 Å². The number of ether oxygens (including phenoxy) is 1. The van der Waals surface area contributed by atoms with Crippen LogP contribution in [0.5, 0.6) is 5.75 Å². The number of rotatable bonds is 4. The lowest BCUT2D eigenvalue weighted by Crippen LogP contribution is -2.23. The molecule has 1 aliphatic rings. The van der Waals surface area contributed by atoms with Crippen molar-refractivity contribution in [1.82, 2.24) is 4.90 Å². The molecule has 6 nitrogen and oxygen atoms in total. The van der Waals surface area contributed by atoms with Crippen LogP contribution in [0.3, 0.4) is 0 Å². The molecule has 0 bridgehead atoms. The molecular weight excluding hydrogens is 468 g/mol. The number of carbonyl (C=O) groups excluding carboxylic acids is 1. The van der Waals surface area contributed by atoms with Crippen molar-refractivity contribution < 1.29 is 19.4 Å². The van der Waals surface area contributed by atoms with Crippen molar-refractivity contribution in [2.75, 3.05) is 14.2 Å². The highest BCUT2D eigenvalue weighted by molar-refractivity contribution is 9.10. The zero-order valence-corrected chi connectivity index (χ0v) is 17.9. The molecule has 1 amide bonds. The highest BCUT2D eigenvalue weighted by atomic mass is 79.9. The molecule has 0 saturated carbocycles.